The van der Waals surface area contributed by atoms with Crippen LogP contribution in [0.2, 0.25) is 0 Å². The van der Waals surface area contributed by atoms with Crippen LogP contribution in [0.1, 0.15) is 44.9 Å². The van der Waals surface area contributed by atoms with E-state index < -0.39 is 0 Å². The van der Waals surface area contributed by atoms with Crippen molar-refractivity contribution in [3.63, 3.8) is 0 Å². The van der Waals surface area contributed by atoms with E-state index in [0.29, 0.717) is 6.54 Å². The molecule has 0 aromatic carbocycles. The number of amides is 1. The molecular weight excluding hydrogens is 216 g/mol. The Kier molecular flexibility index (Phi) is 4.80. The summed E-state index contributed by atoms with van der Waals surface area (Å²) in [6, 6.07) is 0.123. The topological polar surface area (TPSA) is 52.6 Å². The molecule has 4 nitrogen and oxygen atoms in total. The van der Waals surface area contributed by atoms with Crippen LogP contribution in [0.5, 0.6) is 0 Å². The number of nitrogens with one attached hydrogen (secondary N) is 1. The summed E-state index contributed by atoms with van der Waals surface area (Å²) in [7, 11) is 0. The molecule has 0 unspecified atom stereocenters. The maximum Gasteiger partial charge on any atom is 0.236 e. The Morgan fingerprint density at radius 3 is 2.53 bits per heavy atom. The van der Waals surface area contributed by atoms with Gasteiger partial charge >= 0.3 is 0 Å². The van der Waals surface area contributed by atoms with Gasteiger partial charge in [-0.25, -0.2) is 0 Å². The van der Waals surface area contributed by atoms with Crippen molar-refractivity contribution in [2.24, 2.45) is 0 Å². The first-order chi connectivity index (χ1) is 8.27. The molecule has 2 fully saturated rings. The van der Waals surface area contributed by atoms with Gasteiger partial charge in [-0.3, -0.25) is 4.79 Å². The largest absolute Gasteiger partial charge is 0.392 e. The number of aliphatic hydroxyl groups is 1. The second kappa shape index (κ2) is 6.36. The van der Waals surface area contributed by atoms with Crippen LogP contribution in [0.4, 0.5) is 0 Å². The quantitative estimate of drug-likeness (QED) is 0.770. The smallest absolute Gasteiger partial charge is 0.236 e. The van der Waals surface area contributed by atoms with Gasteiger partial charge in [-0.05, 0) is 32.1 Å². The molecule has 1 aliphatic carbocycles. The van der Waals surface area contributed by atoms with Crippen LogP contribution in [0.3, 0.4) is 0 Å². The first-order valence-corrected chi connectivity index (χ1v) is 6.96. The highest BCUT2D eigenvalue weighted by molar-refractivity contribution is 5.78. The third kappa shape index (κ3) is 3.68. The molecule has 0 aromatic heterocycles. The lowest BCUT2D eigenvalue weighted by Gasteiger charge is -2.31. The van der Waals surface area contributed by atoms with Gasteiger partial charge in [0.15, 0.2) is 0 Å². The minimum Gasteiger partial charge on any atom is -0.392 e. The maximum absolute atomic E-state index is 11.9. The number of hydrogen-bond acceptors (Lipinski definition) is 3. The van der Waals surface area contributed by atoms with E-state index in [-0.39, 0.29) is 18.1 Å². The molecule has 1 heterocycles. The minimum absolute atomic E-state index is 0.123. The van der Waals surface area contributed by atoms with E-state index in [0.717, 1.165) is 51.6 Å². The number of piperidine rings is 1. The van der Waals surface area contributed by atoms with Crippen molar-refractivity contribution in [2.45, 2.75) is 57.1 Å². The predicted octanol–water partition coefficient (Wildman–Crippen LogP) is 0.892. The molecule has 2 N–H and O–H groups in total. The monoisotopic (exact) mass is 240 g/mol. The van der Waals surface area contributed by atoms with Crippen molar-refractivity contribution in [2.75, 3.05) is 19.6 Å². The van der Waals surface area contributed by atoms with E-state index in [2.05, 4.69) is 5.32 Å². The summed E-state index contributed by atoms with van der Waals surface area (Å²) in [5.41, 5.74) is 0. The number of rotatable bonds is 3. The summed E-state index contributed by atoms with van der Waals surface area (Å²) in [5.74, 6) is 0.197. The van der Waals surface area contributed by atoms with Crippen LogP contribution in [0.25, 0.3) is 0 Å². The summed E-state index contributed by atoms with van der Waals surface area (Å²) < 4.78 is 0. The summed E-state index contributed by atoms with van der Waals surface area (Å²) in [6.07, 6.45) is 7.39. The van der Waals surface area contributed by atoms with Gasteiger partial charge in [0.1, 0.15) is 0 Å². The van der Waals surface area contributed by atoms with Gasteiger partial charge in [0.05, 0.1) is 12.6 Å². The van der Waals surface area contributed by atoms with E-state index in [4.69, 9.17) is 0 Å². The molecule has 4 heteroatoms. The van der Waals surface area contributed by atoms with Gasteiger partial charge in [-0.1, -0.05) is 12.8 Å². The van der Waals surface area contributed by atoms with Crippen LogP contribution in [-0.2, 0) is 4.79 Å². The highest BCUT2D eigenvalue weighted by atomic mass is 16.3. The van der Waals surface area contributed by atoms with Crippen LogP contribution >= 0.6 is 0 Å². The second-order valence-corrected chi connectivity index (χ2v) is 5.28. The molecule has 0 radical (unpaired) electrons. The van der Waals surface area contributed by atoms with E-state index >= 15 is 0 Å². The number of likely N-dealkylation sites (tertiary alicyclic amines) is 1. The summed E-state index contributed by atoms with van der Waals surface area (Å²) in [5, 5.41) is 13.0. The summed E-state index contributed by atoms with van der Waals surface area (Å²) >= 11 is 0. The number of nitrogens with zero attached hydrogens (tertiary/aromatic N) is 1. The molecule has 2 atom stereocenters. The molecule has 98 valence electrons. The highest BCUT2D eigenvalue weighted by Crippen LogP contribution is 2.18. The molecule has 0 aromatic rings. The fourth-order valence-electron chi connectivity index (χ4n) is 2.82. The predicted molar refractivity (Wildman–Crippen MR) is 66.7 cm³/mol. The fourth-order valence-corrected chi connectivity index (χ4v) is 2.82. The van der Waals surface area contributed by atoms with Crippen molar-refractivity contribution in [1.82, 2.24) is 10.2 Å². The lowest BCUT2D eigenvalue weighted by atomic mass is 9.92. The molecule has 1 saturated heterocycles. The van der Waals surface area contributed by atoms with Crippen molar-refractivity contribution in [1.29, 1.82) is 0 Å². The SMILES string of the molecule is O=C(CN[C@H]1CCCC[C@@H]1O)N1CCCCC1. The maximum atomic E-state index is 11.9. The Hall–Kier alpha value is -0.610. The first-order valence-electron chi connectivity index (χ1n) is 6.96. The Morgan fingerprint density at radius 2 is 1.82 bits per heavy atom. The van der Waals surface area contributed by atoms with Crippen LogP contribution in [-0.4, -0.2) is 47.7 Å². The zero-order valence-electron chi connectivity index (χ0n) is 10.5. The van der Waals surface area contributed by atoms with Gasteiger partial charge in [0, 0.05) is 19.1 Å². The summed E-state index contributed by atoms with van der Waals surface area (Å²) in [4.78, 5) is 13.9. The molecule has 1 saturated carbocycles. The first kappa shape index (κ1) is 12.8. The molecule has 17 heavy (non-hydrogen) atoms. The van der Waals surface area contributed by atoms with Gasteiger partial charge in [-0.15, -0.1) is 0 Å². The van der Waals surface area contributed by atoms with Crippen molar-refractivity contribution in [3.05, 3.63) is 0 Å². The third-order valence-corrected chi connectivity index (χ3v) is 3.95. The Balaban J connectivity index is 1.71. The fraction of sp³-hybridized carbons (Fsp3) is 0.923. The molecule has 2 aliphatic rings. The van der Waals surface area contributed by atoms with Crippen molar-refractivity contribution >= 4 is 5.91 Å². The van der Waals surface area contributed by atoms with E-state index in [1.807, 2.05) is 4.90 Å². The molecule has 0 spiro atoms. The van der Waals surface area contributed by atoms with Crippen LogP contribution in [0.15, 0.2) is 0 Å². The van der Waals surface area contributed by atoms with Gasteiger partial charge < -0.3 is 15.3 Å². The Labute approximate surface area is 103 Å². The van der Waals surface area contributed by atoms with Gasteiger partial charge in [-0.2, -0.15) is 0 Å². The number of hydrogen-bond donors (Lipinski definition) is 2. The normalized spacial score (nSPS) is 30.3. The van der Waals surface area contributed by atoms with Crippen molar-refractivity contribution in [3.8, 4) is 0 Å². The molecule has 0 bridgehead atoms. The Bertz CT molecular complexity index is 252. The average Bonchev–Trinajstić information content (AvgIpc) is 2.38. The van der Waals surface area contributed by atoms with Crippen molar-refractivity contribution < 1.29 is 9.90 Å². The molecule has 2 rings (SSSR count). The zero-order valence-corrected chi connectivity index (χ0v) is 10.5. The summed E-state index contributed by atoms with van der Waals surface area (Å²) in [6.45, 7) is 2.21. The van der Waals surface area contributed by atoms with E-state index in [1.165, 1.54) is 6.42 Å². The molecular formula is C13H24N2O2. The second-order valence-electron chi connectivity index (χ2n) is 5.28. The van der Waals surface area contributed by atoms with Gasteiger partial charge in [0.25, 0.3) is 0 Å². The molecule has 1 amide bonds. The number of carbonyl (C=O) groups is 1. The van der Waals surface area contributed by atoms with Gasteiger partial charge in [0.2, 0.25) is 5.91 Å². The lowest BCUT2D eigenvalue weighted by molar-refractivity contribution is -0.131. The minimum atomic E-state index is -0.266. The lowest BCUT2D eigenvalue weighted by Crippen LogP contribution is -2.48. The van der Waals surface area contributed by atoms with Crippen LogP contribution < -0.4 is 5.32 Å². The van der Waals surface area contributed by atoms with E-state index in [9.17, 15) is 9.90 Å². The number of aliphatic hydroxyl groups excluding tert-OH is 1. The highest BCUT2D eigenvalue weighted by Gasteiger charge is 2.24. The standard InChI is InChI=1S/C13H24N2O2/c16-12-7-3-2-6-11(12)14-10-13(17)15-8-4-1-5-9-15/h11-12,14,16H,1-10H2/t11-,12-/m0/s1. The molecule has 1 aliphatic heterocycles. The zero-order chi connectivity index (χ0) is 12.1. The Morgan fingerprint density at radius 1 is 1.12 bits per heavy atom. The van der Waals surface area contributed by atoms with Crippen LogP contribution in [0, 0.1) is 0 Å². The number of carbonyl (C=O) groups excluding carboxylic acids is 1. The average molecular weight is 240 g/mol. The third-order valence-electron chi connectivity index (χ3n) is 3.95. The van der Waals surface area contributed by atoms with E-state index in [1.54, 1.807) is 0 Å².